The third kappa shape index (κ3) is 1.24. The lowest BCUT2D eigenvalue weighted by Crippen LogP contribution is -2.31. The minimum atomic E-state index is 0.193. The Labute approximate surface area is 95.5 Å². The summed E-state index contributed by atoms with van der Waals surface area (Å²) in [5.74, 6) is 0. The lowest BCUT2D eigenvalue weighted by atomic mass is 9.82. The van der Waals surface area contributed by atoms with Gasteiger partial charge in [-0.05, 0) is 31.5 Å². The number of hydrogen-bond acceptors (Lipinski definition) is 2. The van der Waals surface area contributed by atoms with Gasteiger partial charge in [-0.25, -0.2) is 4.52 Å². The Balaban J connectivity index is 2.38. The van der Waals surface area contributed by atoms with E-state index in [1.54, 1.807) is 0 Å². The number of fused-ring (bicyclic) bond motifs is 3. The highest BCUT2D eigenvalue weighted by Gasteiger charge is 2.30. The van der Waals surface area contributed by atoms with Crippen LogP contribution in [-0.4, -0.2) is 16.2 Å². The molecule has 1 aliphatic heterocycles. The van der Waals surface area contributed by atoms with E-state index in [4.69, 9.17) is 0 Å². The van der Waals surface area contributed by atoms with E-state index < -0.39 is 0 Å². The Kier molecular flexibility index (Phi) is 1.82. The minimum Gasteiger partial charge on any atom is -0.384 e. The highest BCUT2D eigenvalue weighted by Crippen LogP contribution is 2.36. The first kappa shape index (κ1) is 9.70. The van der Waals surface area contributed by atoms with Crippen LogP contribution in [0.25, 0.3) is 5.52 Å². The topological polar surface area (TPSA) is 29.3 Å². The predicted octanol–water partition coefficient (Wildman–Crippen LogP) is 2.74. The van der Waals surface area contributed by atoms with Gasteiger partial charge < -0.3 is 5.32 Å². The van der Waals surface area contributed by atoms with E-state index in [2.05, 4.69) is 47.0 Å². The van der Waals surface area contributed by atoms with Gasteiger partial charge in [-0.15, -0.1) is 0 Å². The quantitative estimate of drug-likeness (QED) is 0.732. The molecule has 2 aromatic rings. The summed E-state index contributed by atoms with van der Waals surface area (Å²) in [6.07, 6.45) is 1.15. The van der Waals surface area contributed by atoms with Crippen molar-refractivity contribution in [2.24, 2.45) is 0 Å². The van der Waals surface area contributed by atoms with E-state index >= 15 is 0 Å². The molecule has 0 bridgehead atoms. The molecule has 0 spiro atoms. The van der Waals surface area contributed by atoms with Gasteiger partial charge in [0.25, 0.3) is 0 Å². The third-order valence-corrected chi connectivity index (χ3v) is 3.45. The summed E-state index contributed by atoms with van der Waals surface area (Å²) in [4.78, 5) is 0. The third-order valence-electron chi connectivity index (χ3n) is 3.45. The largest absolute Gasteiger partial charge is 0.384 e. The summed E-state index contributed by atoms with van der Waals surface area (Å²) in [7, 11) is 0. The second kappa shape index (κ2) is 3.00. The first-order chi connectivity index (χ1) is 7.58. The number of rotatable bonds is 0. The van der Waals surface area contributed by atoms with Gasteiger partial charge in [0, 0.05) is 12.0 Å². The fourth-order valence-corrected chi connectivity index (χ4v) is 2.60. The minimum absolute atomic E-state index is 0.193. The van der Waals surface area contributed by atoms with Crippen molar-refractivity contribution in [1.29, 1.82) is 0 Å². The summed E-state index contributed by atoms with van der Waals surface area (Å²) < 4.78 is 2.09. The van der Waals surface area contributed by atoms with Crippen molar-refractivity contribution in [3.05, 3.63) is 29.6 Å². The fourth-order valence-electron chi connectivity index (χ4n) is 2.60. The molecule has 1 aliphatic rings. The fraction of sp³-hybridized carbons (Fsp3) is 0.462. The smallest absolute Gasteiger partial charge is 0.0714 e. The van der Waals surface area contributed by atoms with Crippen molar-refractivity contribution in [3.63, 3.8) is 0 Å². The van der Waals surface area contributed by atoms with Crippen molar-refractivity contribution in [3.8, 4) is 0 Å². The van der Waals surface area contributed by atoms with Crippen LogP contribution in [0.2, 0.25) is 0 Å². The van der Waals surface area contributed by atoms with Crippen LogP contribution in [0.5, 0.6) is 0 Å². The van der Waals surface area contributed by atoms with Crippen LogP contribution in [0.1, 0.15) is 31.7 Å². The second-order valence-electron chi connectivity index (χ2n) is 5.28. The Hall–Kier alpha value is -1.51. The molecule has 0 saturated heterocycles. The molecule has 3 rings (SSSR count). The molecule has 3 heteroatoms. The average Bonchev–Trinajstić information content (AvgIpc) is 2.56. The number of aryl methyl sites for hydroxylation is 1. The van der Waals surface area contributed by atoms with Gasteiger partial charge in [0.05, 0.1) is 22.6 Å². The van der Waals surface area contributed by atoms with Crippen LogP contribution in [0.3, 0.4) is 0 Å². The molecule has 3 heterocycles. The molecule has 0 saturated carbocycles. The first-order valence-electron chi connectivity index (χ1n) is 5.82. The summed E-state index contributed by atoms with van der Waals surface area (Å²) in [5.41, 5.74) is 5.00. The molecule has 0 amide bonds. The lowest BCUT2D eigenvalue weighted by molar-refractivity contribution is 0.454. The molecule has 0 atom stereocenters. The van der Waals surface area contributed by atoms with E-state index in [1.165, 1.54) is 16.9 Å². The van der Waals surface area contributed by atoms with Crippen molar-refractivity contribution in [2.75, 3.05) is 11.9 Å². The van der Waals surface area contributed by atoms with Crippen LogP contribution in [0.4, 0.5) is 5.69 Å². The number of nitrogens with zero attached hydrogens (tertiary/aromatic N) is 2. The Morgan fingerprint density at radius 2 is 2.19 bits per heavy atom. The second-order valence-corrected chi connectivity index (χ2v) is 5.28. The zero-order valence-corrected chi connectivity index (χ0v) is 10.0. The van der Waals surface area contributed by atoms with Crippen LogP contribution < -0.4 is 5.32 Å². The molecule has 0 unspecified atom stereocenters. The normalized spacial score (nSPS) is 18.2. The van der Waals surface area contributed by atoms with Gasteiger partial charge in [-0.3, -0.25) is 0 Å². The number of hydrogen-bond donors (Lipinski definition) is 1. The average molecular weight is 215 g/mol. The van der Waals surface area contributed by atoms with E-state index in [-0.39, 0.29) is 5.41 Å². The lowest BCUT2D eigenvalue weighted by Gasteiger charge is -2.33. The number of pyridine rings is 1. The van der Waals surface area contributed by atoms with Crippen molar-refractivity contribution in [2.45, 2.75) is 32.6 Å². The van der Waals surface area contributed by atoms with E-state index in [9.17, 15) is 0 Å². The Morgan fingerprint density at radius 1 is 1.38 bits per heavy atom. The molecule has 0 aliphatic carbocycles. The molecular weight excluding hydrogens is 198 g/mol. The molecule has 3 nitrogen and oxygen atoms in total. The summed E-state index contributed by atoms with van der Waals surface area (Å²) in [6, 6.07) is 6.44. The van der Waals surface area contributed by atoms with Gasteiger partial charge in [-0.1, -0.05) is 13.8 Å². The molecule has 2 aromatic heterocycles. The summed E-state index contributed by atoms with van der Waals surface area (Å²) in [5, 5.41) is 8.06. The van der Waals surface area contributed by atoms with Crippen molar-refractivity contribution < 1.29 is 0 Å². The monoisotopic (exact) mass is 215 g/mol. The van der Waals surface area contributed by atoms with Gasteiger partial charge in [0.2, 0.25) is 0 Å². The molecular formula is C13H17N3. The molecule has 84 valence electrons. The molecule has 1 N–H and O–H groups in total. The van der Waals surface area contributed by atoms with E-state index in [1.807, 2.05) is 6.92 Å². The maximum absolute atomic E-state index is 4.60. The molecule has 16 heavy (non-hydrogen) atoms. The Bertz CT molecular complexity index is 552. The molecule has 0 radical (unpaired) electrons. The number of aromatic nitrogens is 2. The number of anilines is 1. The molecule has 0 fully saturated rings. The predicted molar refractivity (Wildman–Crippen MR) is 66.1 cm³/mol. The maximum atomic E-state index is 4.60. The van der Waals surface area contributed by atoms with Crippen LogP contribution in [0.15, 0.2) is 18.2 Å². The van der Waals surface area contributed by atoms with Crippen molar-refractivity contribution in [1.82, 2.24) is 9.61 Å². The van der Waals surface area contributed by atoms with Crippen LogP contribution in [0, 0.1) is 6.92 Å². The molecule has 0 aromatic carbocycles. The van der Waals surface area contributed by atoms with E-state index in [0.717, 1.165) is 18.7 Å². The SMILES string of the molecule is Cc1cc2ccc3c(n2n1)C(C)(C)CCN3. The Morgan fingerprint density at radius 3 is 3.00 bits per heavy atom. The summed E-state index contributed by atoms with van der Waals surface area (Å²) >= 11 is 0. The van der Waals surface area contributed by atoms with Crippen LogP contribution >= 0.6 is 0 Å². The highest BCUT2D eigenvalue weighted by atomic mass is 15.2. The standard InChI is InChI=1S/C13H17N3/c1-9-8-10-4-5-11-12(16(10)15-9)13(2,3)6-7-14-11/h4-5,8,14H,6-7H2,1-3H3. The zero-order chi connectivity index (χ0) is 11.3. The van der Waals surface area contributed by atoms with Gasteiger partial charge in [0.15, 0.2) is 0 Å². The van der Waals surface area contributed by atoms with Crippen LogP contribution in [-0.2, 0) is 5.41 Å². The van der Waals surface area contributed by atoms with E-state index in [0.29, 0.717) is 0 Å². The van der Waals surface area contributed by atoms with Gasteiger partial charge in [-0.2, -0.15) is 5.10 Å². The summed E-state index contributed by atoms with van der Waals surface area (Å²) in [6.45, 7) is 7.68. The maximum Gasteiger partial charge on any atom is 0.0714 e. The van der Waals surface area contributed by atoms with Gasteiger partial charge in [0.1, 0.15) is 0 Å². The number of nitrogens with one attached hydrogen (secondary N) is 1. The highest BCUT2D eigenvalue weighted by molar-refractivity contribution is 5.61. The first-order valence-corrected chi connectivity index (χ1v) is 5.82. The van der Waals surface area contributed by atoms with Gasteiger partial charge >= 0.3 is 0 Å². The van der Waals surface area contributed by atoms with Crippen molar-refractivity contribution >= 4 is 11.2 Å². The zero-order valence-electron chi connectivity index (χ0n) is 10.0.